The molecule has 0 saturated carbocycles. The van der Waals surface area contributed by atoms with Crippen LogP contribution in [0.15, 0.2) is 29.6 Å². The Kier molecular flexibility index (Phi) is 6.18. The van der Waals surface area contributed by atoms with E-state index in [4.69, 9.17) is 12.2 Å². The van der Waals surface area contributed by atoms with Crippen molar-refractivity contribution in [2.75, 3.05) is 14.2 Å². The van der Waals surface area contributed by atoms with Gasteiger partial charge in [-0.15, -0.1) is 6.56 Å². The van der Waals surface area contributed by atoms with Gasteiger partial charge in [0.1, 0.15) is 11.5 Å². The third kappa shape index (κ3) is 4.10. The van der Waals surface area contributed by atoms with Crippen LogP contribution in [0.1, 0.15) is 19.6 Å². The smallest absolute Gasteiger partial charge is 0.851 e. The molecule has 0 spiro atoms. The molecular weight excluding hydrogens is 366 g/mol. The van der Waals surface area contributed by atoms with E-state index in [0.717, 1.165) is 6.20 Å². The number of methoxy groups -OCH3 is 2. The summed E-state index contributed by atoms with van der Waals surface area (Å²) >= 11 is 0. The van der Waals surface area contributed by atoms with Crippen LogP contribution in [0.2, 0.25) is 0 Å². The van der Waals surface area contributed by atoms with Gasteiger partial charge in [0.25, 0.3) is 0 Å². The Bertz CT molecular complexity index is 1020. The van der Waals surface area contributed by atoms with Crippen molar-refractivity contribution < 1.29 is 51.1 Å². The zero-order valence-electron chi connectivity index (χ0n) is 17.0. The number of hydrogen-bond donors (Lipinski definition) is 1. The van der Waals surface area contributed by atoms with Crippen LogP contribution in [0.4, 0.5) is 0 Å². The van der Waals surface area contributed by atoms with E-state index in [2.05, 4.69) is 15.0 Å². The number of hydrogen-bond acceptors (Lipinski definition) is 6. The fourth-order valence-electron chi connectivity index (χ4n) is 2.50. The van der Waals surface area contributed by atoms with Crippen LogP contribution in [-0.2, 0) is 23.1 Å². The molecule has 2 aromatic heterocycles. The first-order valence-electron chi connectivity index (χ1n) is 8.40. The predicted octanol–water partition coefficient (Wildman–Crippen LogP) is -1.54. The molecule has 2 heterocycles. The molecule has 9 heteroatoms. The number of imidazole rings is 1. The second-order valence-electron chi connectivity index (χ2n) is 5.29. The van der Waals surface area contributed by atoms with E-state index in [1.54, 1.807) is 32.2 Å². The number of fused-ring (bicyclic) bond motifs is 1. The number of nitrogens with one attached hydrogen (secondary N) is 1. The van der Waals surface area contributed by atoms with Crippen molar-refractivity contribution in [3.8, 4) is 11.5 Å². The minimum Gasteiger partial charge on any atom is -0.851 e. The molecule has 0 radical (unpaired) electrons. The van der Waals surface area contributed by atoms with Gasteiger partial charge in [0.2, 0.25) is 0 Å². The standard InChI is InChI=1S/C17H18N3O4S.Na/c1-10-15(18-7-11(8-21)16(10)24-3)9-25(22)17-19-13-5-4-12(23-2)6-14(13)20-17;/h4-7H,8-9H2,1-3H3,(H,19,20);/q-1;+1/i8D2,17+1;. The van der Waals surface area contributed by atoms with Crippen LogP contribution in [0.3, 0.4) is 0 Å². The molecule has 26 heavy (non-hydrogen) atoms. The molecule has 0 saturated heterocycles. The van der Waals surface area contributed by atoms with E-state index in [1.165, 1.54) is 7.11 Å². The van der Waals surface area contributed by atoms with Crippen LogP contribution < -0.4 is 44.1 Å². The van der Waals surface area contributed by atoms with E-state index < -0.39 is 17.4 Å². The maximum atomic E-state index is 12.7. The van der Waals surface area contributed by atoms with Crippen molar-refractivity contribution >= 4 is 21.8 Å². The van der Waals surface area contributed by atoms with Crippen LogP contribution >= 0.6 is 0 Å². The molecule has 3 rings (SSSR count). The summed E-state index contributed by atoms with van der Waals surface area (Å²) in [7, 11) is 1.39. The summed E-state index contributed by atoms with van der Waals surface area (Å²) in [5.41, 5.74) is 2.09. The first kappa shape index (κ1) is 17.9. The van der Waals surface area contributed by atoms with Gasteiger partial charge >= 0.3 is 29.6 Å². The Morgan fingerprint density at radius 2 is 2.12 bits per heavy atom. The number of benzene rings is 1. The van der Waals surface area contributed by atoms with Gasteiger partial charge in [-0.25, -0.2) is 4.98 Å². The minimum absolute atomic E-state index is 0. The molecule has 0 aliphatic heterocycles. The Balaban J connectivity index is 0.00000280. The molecule has 0 amide bonds. The Morgan fingerprint density at radius 1 is 1.35 bits per heavy atom. The van der Waals surface area contributed by atoms with E-state index in [-0.39, 0.29) is 46.6 Å². The molecule has 0 aliphatic carbocycles. The molecule has 1 unspecified atom stereocenters. The third-order valence-corrected chi connectivity index (χ3v) is 4.99. The average molecular weight is 386 g/mol. The summed E-state index contributed by atoms with van der Waals surface area (Å²) in [6, 6.07) is 5.30. The normalized spacial score (nSPS) is 13.5. The van der Waals surface area contributed by atoms with E-state index in [0.29, 0.717) is 33.2 Å². The van der Waals surface area contributed by atoms with Crippen molar-refractivity contribution in [1.82, 2.24) is 15.0 Å². The molecule has 3 aromatic rings. The SMILES string of the molecule is [2H]C([2H])([O-])c1cnc(CS(=O)[13c]2nc3ccc(OC)cc3[nH]2)c(C)c1OC.[Na+]. The van der Waals surface area contributed by atoms with Crippen LogP contribution in [0.25, 0.3) is 11.0 Å². The topological polar surface area (TPSA) is 100 Å². The van der Waals surface area contributed by atoms with Gasteiger partial charge in [0.05, 0.1) is 47.5 Å². The molecule has 1 N–H and O–H groups in total. The fourth-order valence-corrected chi connectivity index (χ4v) is 3.60. The van der Waals surface area contributed by atoms with Crippen molar-refractivity contribution in [3.05, 3.63) is 41.2 Å². The van der Waals surface area contributed by atoms with Gasteiger partial charge in [-0.2, -0.15) is 0 Å². The third-order valence-electron chi connectivity index (χ3n) is 3.83. The van der Waals surface area contributed by atoms with Gasteiger partial charge in [-0.1, -0.05) is 0 Å². The average Bonchev–Trinajstić information content (AvgIpc) is 3.05. The summed E-state index contributed by atoms with van der Waals surface area (Å²) in [4.78, 5) is 11.5. The Labute approximate surface area is 178 Å². The molecule has 1 atom stereocenters. The molecule has 7 nitrogen and oxygen atoms in total. The minimum atomic E-state index is -2.83. The number of rotatable bonds is 6. The number of ether oxygens (including phenoxy) is 2. The second-order valence-corrected chi connectivity index (χ2v) is 6.66. The van der Waals surface area contributed by atoms with Gasteiger partial charge in [0, 0.05) is 20.6 Å². The molecule has 0 bridgehead atoms. The first-order chi connectivity index (χ1) is 12.7. The summed E-state index contributed by atoms with van der Waals surface area (Å²) < 4.78 is 37.8. The zero-order valence-corrected chi connectivity index (χ0v) is 17.8. The summed E-state index contributed by atoms with van der Waals surface area (Å²) in [5.74, 6) is 0.820. The van der Waals surface area contributed by atoms with Crippen molar-refractivity contribution in [2.45, 2.75) is 24.4 Å². The van der Waals surface area contributed by atoms with E-state index in [9.17, 15) is 9.32 Å². The Morgan fingerprint density at radius 3 is 2.77 bits per heavy atom. The van der Waals surface area contributed by atoms with E-state index in [1.807, 2.05) is 0 Å². The van der Waals surface area contributed by atoms with Gasteiger partial charge < -0.3 is 19.6 Å². The molecule has 132 valence electrons. The fraction of sp³-hybridized carbons (Fsp3) is 0.294. The predicted molar refractivity (Wildman–Crippen MR) is 92.0 cm³/mol. The second kappa shape index (κ2) is 8.96. The number of nitrogens with zero attached hydrogens (tertiary/aromatic N) is 2. The number of H-pyrrole nitrogens is 1. The van der Waals surface area contributed by atoms with Gasteiger partial charge in [-0.3, -0.25) is 9.19 Å². The Hall–Kier alpha value is -1.45. The summed E-state index contributed by atoms with van der Waals surface area (Å²) in [6.45, 7) is -1.18. The first-order valence-corrected chi connectivity index (χ1v) is 8.72. The van der Waals surface area contributed by atoms with E-state index >= 15 is 0 Å². The largest absolute Gasteiger partial charge is 1.00 e. The molecule has 1 aromatic carbocycles. The molecule has 0 fully saturated rings. The van der Waals surface area contributed by atoms with Crippen molar-refractivity contribution in [2.24, 2.45) is 0 Å². The van der Waals surface area contributed by atoms with Crippen molar-refractivity contribution in [3.63, 3.8) is 0 Å². The quantitative estimate of drug-likeness (QED) is 0.515. The molecular formula is C17H18N3NaO4S. The van der Waals surface area contributed by atoms with Crippen LogP contribution in [0.5, 0.6) is 11.5 Å². The maximum absolute atomic E-state index is 12.7. The van der Waals surface area contributed by atoms with Crippen LogP contribution in [-0.4, -0.2) is 33.4 Å². The van der Waals surface area contributed by atoms with Gasteiger partial charge in [0.15, 0.2) is 5.16 Å². The van der Waals surface area contributed by atoms with Crippen LogP contribution in [0, 0.1) is 6.92 Å². The monoisotopic (exact) mass is 386 g/mol. The van der Waals surface area contributed by atoms with Crippen molar-refractivity contribution in [1.29, 1.82) is 0 Å². The maximum Gasteiger partial charge on any atom is 1.00 e. The summed E-state index contributed by atoms with van der Waals surface area (Å²) in [5, 5.41) is 12.0. The zero-order chi connectivity index (χ0) is 19.8. The van der Waals surface area contributed by atoms with Gasteiger partial charge in [-0.05, 0) is 24.6 Å². The number of aromatic nitrogens is 3. The summed E-state index contributed by atoms with van der Waals surface area (Å²) in [6.07, 6.45) is 1.13. The molecule has 0 aliphatic rings. The number of pyridine rings is 1. The number of aromatic amines is 1.